The minimum Gasteiger partial charge on any atom is -0.496 e. The molecule has 0 fully saturated rings. The lowest BCUT2D eigenvalue weighted by Gasteiger charge is -2.25. The summed E-state index contributed by atoms with van der Waals surface area (Å²) in [6.45, 7) is 9.39. The molecule has 2 amide bonds. The molecule has 0 atom stereocenters. The maximum absolute atomic E-state index is 12.6. The second-order valence-corrected chi connectivity index (χ2v) is 6.97. The number of likely N-dealkylation sites (N-methyl/N-ethyl adjacent to an activating group) is 1. The van der Waals surface area contributed by atoms with E-state index in [2.05, 4.69) is 5.32 Å². The predicted molar refractivity (Wildman–Crippen MR) is 96.9 cm³/mol. The monoisotopic (exact) mass is 348 g/mol. The molecule has 1 aromatic rings. The Morgan fingerprint density at radius 3 is 2.32 bits per heavy atom. The molecule has 0 spiro atoms. The standard InChI is InChI=1S/C19H28N2O4/c1-7-21(12-17(23)20-19(3,4)5)18(24)11-15-10-14(13(2)22)8-9-16(15)25-6/h8-10H,7,11-12H2,1-6H3,(H,20,23). The highest BCUT2D eigenvalue weighted by molar-refractivity contribution is 5.95. The summed E-state index contributed by atoms with van der Waals surface area (Å²) in [5.41, 5.74) is 0.811. The van der Waals surface area contributed by atoms with Gasteiger partial charge in [-0.1, -0.05) is 0 Å². The summed E-state index contributed by atoms with van der Waals surface area (Å²) >= 11 is 0. The number of hydrogen-bond donors (Lipinski definition) is 1. The second-order valence-electron chi connectivity index (χ2n) is 6.97. The number of nitrogens with one attached hydrogen (secondary N) is 1. The van der Waals surface area contributed by atoms with Gasteiger partial charge in [0.05, 0.1) is 20.1 Å². The van der Waals surface area contributed by atoms with Gasteiger partial charge in [0.25, 0.3) is 0 Å². The molecule has 0 heterocycles. The number of amides is 2. The van der Waals surface area contributed by atoms with E-state index in [0.29, 0.717) is 23.4 Å². The van der Waals surface area contributed by atoms with Crippen LogP contribution in [0.25, 0.3) is 0 Å². The Balaban J connectivity index is 2.90. The van der Waals surface area contributed by atoms with E-state index in [1.54, 1.807) is 18.2 Å². The van der Waals surface area contributed by atoms with Crippen molar-refractivity contribution in [1.29, 1.82) is 0 Å². The zero-order chi connectivity index (χ0) is 19.2. The van der Waals surface area contributed by atoms with Crippen molar-refractivity contribution in [2.24, 2.45) is 0 Å². The van der Waals surface area contributed by atoms with Crippen LogP contribution in [0.2, 0.25) is 0 Å². The van der Waals surface area contributed by atoms with Gasteiger partial charge in [-0.15, -0.1) is 0 Å². The van der Waals surface area contributed by atoms with Gasteiger partial charge in [-0.05, 0) is 52.8 Å². The van der Waals surface area contributed by atoms with Gasteiger partial charge in [0, 0.05) is 23.2 Å². The molecule has 0 saturated carbocycles. The van der Waals surface area contributed by atoms with Crippen LogP contribution in [-0.4, -0.2) is 48.2 Å². The van der Waals surface area contributed by atoms with Gasteiger partial charge in [-0.3, -0.25) is 14.4 Å². The van der Waals surface area contributed by atoms with Gasteiger partial charge in [-0.2, -0.15) is 0 Å². The first-order valence-electron chi connectivity index (χ1n) is 8.34. The lowest BCUT2D eigenvalue weighted by molar-refractivity contribution is -0.135. The Labute approximate surface area is 149 Å². The molecule has 6 nitrogen and oxygen atoms in total. The molecule has 1 N–H and O–H groups in total. The van der Waals surface area contributed by atoms with E-state index in [4.69, 9.17) is 4.74 Å². The SMILES string of the molecule is CCN(CC(=O)NC(C)(C)C)C(=O)Cc1cc(C(C)=O)ccc1OC. The lowest BCUT2D eigenvalue weighted by Crippen LogP contribution is -2.47. The summed E-state index contributed by atoms with van der Waals surface area (Å²) < 4.78 is 5.28. The number of benzene rings is 1. The summed E-state index contributed by atoms with van der Waals surface area (Å²) in [6, 6.07) is 5.02. The maximum Gasteiger partial charge on any atom is 0.240 e. The fourth-order valence-electron chi connectivity index (χ4n) is 2.42. The molecule has 25 heavy (non-hydrogen) atoms. The number of ketones is 1. The van der Waals surface area contributed by atoms with E-state index >= 15 is 0 Å². The van der Waals surface area contributed by atoms with Gasteiger partial charge >= 0.3 is 0 Å². The fraction of sp³-hybridized carbons (Fsp3) is 0.526. The van der Waals surface area contributed by atoms with Crippen molar-refractivity contribution >= 4 is 17.6 Å². The second kappa shape index (κ2) is 8.65. The fourth-order valence-corrected chi connectivity index (χ4v) is 2.42. The predicted octanol–water partition coefficient (Wildman–Crippen LogP) is 2.20. The molecule has 138 valence electrons. The van der Waals surface area contributed by atoms with Crippen LogP contribution in [-0.2, 0) is 16.0 Å². The van der Waals surface area contributed by atoms with Crippen LogP contribution < -0.4 is 10.1 Å². The maximum atomic E-state index is 12.6. The average Bonchev–Trinajstić information content (AvgIpc) is 2.50. The van der Waals surface area contributed by atoms with Crippen LogP contribution >= 0.6 is 0 Å². The number of rotatable bonds is 7. The number of hydrogen-bond acceptors (Lipinski definition) is 4. The topological polar surface area (TPSA) is 75.7 Å². The largest absolute Gasteiger partial charge is 0.496 e. The molecule has 0 bridgehead atoms. The van der Waals surface area contributed by atoms with E-state index in [9.17, 15) is 14.4 Å². The van der Waals surface area contributed by atoms with Crippen LogP contribution in [0.4, 0.5) is 0 Å². The smallest absolute Gasteiger partial charge is 0.240 e. The van der Waals surface area contributed by atoms with Crippen LogP contribution in [0, 0.1) is 0 Å². The molecule has 0 saturated heterocycles. The number of nitrogens with zero attached hydrogens (tertiary/aromatic N) is 1. The van der Waals surface area contributed by atoms with Crippen molar-refractivity contribution in [2.45, 2.75) is 46.6 Å². The molecule has 0 unspecified atom stereocenters. The molecule has 6 heteroatoms. The van der Waals surface area contributed by atoms with Crippen molar-refractivity contribution in [1.82, 2.24) is 10.2 Å². The van der Waals surface area contributed by atoms with Crippen molar-refractivity contribution in [2.75, 3.05) is 20.2 Å². The number of ether oxygens (including phenoxy) is 1. The molecule has 1 aromatic carbocycles. The zero-order valence-electron chi connectivity index (χ0n) is 15.9. The Kier molecular flexibility index (Phi) is 7.15. The number of carbonyl (C=O) groups is 3. The Hall–Kier alpha value is -2.37. The Morgan fingerprint density at radius 2 is 1.84 bits per heavy atom. The lowest BCUT2D eigenvalue weighted by atomic mass is 10.0. The van der Waals surface area contributed by atoms with Crippen LogP contribution in [0.1, 0.15) is 50.5 Å². The molecule has 0 aliphatic heterocycles. The third-order valence-corrected chi connectivity index (χ3v) is 3.61. The third kappa shape index (κ3) is 6.57. The molecule has 0 aromatic heterocycles. The summed E-state index contributed by atoms with van der Waals surface area (Å²) in [4.78, 5) is 37.7. The summed E-state index contributed by atoms with van der Waals surface area (Å²) in [7, 11) is 1.52. The van der Waals surface area contributed by atoms with Crippen LogP contribution in [0.15, 0.2) is 18.2 Å². The minimum atomic E-state index is -0.349. The Bertz CT molecular complexity index is 647. The molecular formula is C19H28N2O4. The normalized spacial score (nSPS) is 11.0. The average molecular weight is 348 g/mol. The first kappa shape index (κ1) is 20.7. The molecule has 0 radical (unpaired) electrons. The molecule has 0 aliphatic carbocycles. The molecule has 1 rings (SSSR count). The van der Waals surface area contributed by atoms with Gasteiger partial charge in [0.1, 0.15) is 5.75 Å². The first-order valence-corrected chi connectivity index (χ1v) is 8.34. The molecule has 0 aliphatic rings. The van der Waals surface area contributed by atoms with Crippen molar-refractivity contribution in [3.8, 4) is 5.75 Å². The van der Waals surface area contributed by atoms with E-state index in [-0.39, 0.29) is 36.1 Å². The highest BCUT2D eigenvalue weighted by Crippen LogP contribution is 2.21. The highest BCUT2D eigenvalue weighted by Gasteiger charge is 2.21. The van der Waals surface area contributed by atoms with Gasteiger partial charge < -0.3 is 15.0 Å². The van der Waals surface area contributed by atoms with Gasteiger partial charge in [0.2, 0.25) is 11.8 Å². The van der Waals surface area contributed by atoms with E-state index in [0.717, 1.165) is 0 Å². The number of methoxy groups -OCH3 is 1. The van der Waals surface area contributed by atoms with Crippen LogP contribution in [0.5, 0.6) is 5.75 Å². The highest BCUT2D eigenvalue weighted by atomic mass is 16.5. The third-order valence-electron chi connectivity index (χ3n) is 3.61. The van der Waals surface area contributed by atoms with Crippen LogP contribution in [0.3, 0.4) is 0 Å². The van der Waals surface area contributed by atoms with Crippen molar-refractivity contribution < 1.29 is 19.1 Å². The summed E-state index contributed by atoms with van der Waals surface area (Å²) in [5.74, 6) is 0.0829. The van der Waals surface area contributed by atoms with E-state index in [1.165, 1.54) is 18.9 Å². The minimum absolute atomic E-state index is 0.00131. The van der Waals surface area contributed by atoms with E-state index in [1.807, 2.05) is 27.7 Å². The van der Waals surface area contributed by atoms with Crippen molar-refractivity contribution in [3.63, 3.8) is 0 Å². The van der Waals surface area contributed by atoms with Gasteiger partial charge in [0.15, 0.2) is 5.78 Å². The quantitative estimate of drug-likeness (QED) is 0.767. The molecular weight excluding hydrogens is 320 g/mol. The van der Waals surface area contributed by atoms with Gasteiger partial charge in [-0.25, -0.2) is 0 Å². The summed E-state index contributed by atoms with van der Waals surface area (Å²) in [5, 5.41) is 2.85. The first-order chi connectivity index (χ1) is 11.6. The summed E-state index contributed by atoms with van der Waals surface area (Å²) in [6.07, 6.45) is 0.0704. The van der Waals surface area contributed by atoms with Crippen molar-refractivity contribution in [3.05, 3.63) is 29.3 Å². The Morgan fingerprint density at radius 1 is 1.20 bits per heavy atom. The number of carbonyl (C=O) groups excluding carboxylic acids is 3. The zero-order valence-corrected chi connectivity index (χ0v) is 15.9. The number of Topliss-reactive ketones (excluding diaryl/α,β-unsaturated/α-hetero) is 1. The van der Waals surface area contributed by atoms with E-state index < -0.39 is 0 Å².